The Labute approximate surface area is 102 Å². The van der Waals surface area contributed by atoms with Crippen molar-refractivity contribution in [2.75, 3.05) is 13.2 Å². The fourth-order valence-electron chi connectivity index (χ4n) is 0.712. The number of hydrogen-bond acceptors (Lipinski definition) is 6. The molecule has 0 unspecified atom stereocenters. The van der Waals surface area contributed by atoms with Crippen molar-refractivity contribution >= 4 is 23.6 Å². The van der Waals surface area contributed by atoms with Crippen LogP contribution in [-0.4, -0.2) is 47.1 Å². The SMILES string of the molecule is O=C1C=CC(=O)N1.O=C1C=CC(=O)N1.OCCO. The Bertz CT molecular complexity index is 329. The standard InChI is InChI=1S/2C4H3NO2.C2H6O2/c2*6-3-1-2-4(7)5-3;3-1-2-4/h2*1-2H,(H,5,6,7);3-4H,1-2H2. The van der Waals surface area contributed by atoms with Crippen LogP contribution < -0.4 is 10.6 Å². The van der Waals surface area contributed by atoms with Crippen molar-refractivity contribution in [2.24, 2.45) is 0 Å². The van der Waals surface area contributed by atoms with Crippen molar-refractivity contribution < 1.29 is 29.4 Å². The van der Waals surface area contributed by atoms with Crippen LogP contribution in [0, 0.1) is 0 Å². The molecule has 0 aromatic heterocycles. The van der Waals surface area contributed by atoms with Gasteiger partial charge in [-0.1, -0.05) is 0 Å². The summed E-state index contributed by atoms with van der Waals surface area (Å²) in [5.74, 6) is -1.31. The summed E-state index contributed by atoms with van der Waals surface area (Å²) in [5.41, 5.74) is 0. The van der Waals surface area contributed by atoms with Gasteiger partial charge < -0.3 is 10.2 Å². The van der Waals surface area contributed by atoms with Crippen LogP contribution >= 0.6 is 0 Å². The van der Waals surface area contributed by atoms with Crippen molar-refractivity contribution in [3.63, 3.8) is 0 Å². The van der Waals surface area contributed by atoms with E-state index in [9.17, 15) is 19.2 Å². The summed E-state index contributed by atoms with van der Waals surface area (Å²) in [4.78, 5) is 40.1. The number of hydrogen-bond donors (Lipinski definition) is 4. The van der Waals surface area contributed by atoms with Crippen LogP contribution in [0.4, 0.5) is 0 Å². The lowest BCUT2D eigenvalue weighted by molar-refractivity contribution is -0.125. The quantitative estimate of drug-likeness (QED) is 0.379. The molecule has 0 aliphatic carbocycles. The summed E-state index contributed by atoms with van der Waals surface area (Å²) in [7, 11) is 0. The highest BCUT2D eigenvalue weighted by molar-refractivity contribution is 6.13. The first-order valence-electron chi connectivity index (χ1n) is 4.77. The van der Waals surface area contributed by atoms with E-state index in [0.29, 0.717) is 0 Å². The number of aliphatic hydroxyl groups excluding tert-OH is 2. The molecule has 0 fully saturated rings. The normalized spacial score (nSPS) is 15.4. The summed E-state index contributed by atoms with van der Waals surface area (Å²) in [5, 5.41) is 19.3. The number of rotatable bonds is 1. The molecule has 0 aromatic rings. The topological polar surface area (TPSA) is 133 Å². The maximum absolute atomic E-state index is 10.0. The van der Waals surface area contributed by atoms with Gasteiger partial charge in [-0.25, -0.2) is 0 Å². The molecular formula is C10H12N2O6. The average molecular weight is 256 g/mol. The van der Waals surface area contributed by atoms with Crippen LogP contribution in [0.5, 0.6) is 0 Å². The largest absolute Gasteiger partial charge is 0.394 e. The van der Waals surface area contributed by atoms with Gasteiger partial charge >= 0.3 is 0 Å². The Balaban J connectivity index is 0.000000253. The second-order valence-electron chi connectivity index (χ2n) is 2.82. The molecule has 8 nitrogen and oxygen atoms in total. The monoisotopic (exact) mass is 256 g/mol. The Morgan fingerprint density at radius 1 is 0.667 bits per heavy atom. The molecule has 0 saturated carbocycles. The van der Waals surface area contributed by atoms with Gasteiger partial charge in [0.1, 0.15) is 0 Å². The zero-order valence-electron chi connectivity index (χ0n) is 9.25. The Morgan fingerprint density at radius 3 is 0.944 bits per heavy atom. The lowest BCUT2D eigenvalue weighted by atomic mass is 10.6. The highest BCUT2D eigenvalue weighted by Gasteiger charge is 2.07. The summed E-state index contributed by atoms with van der Waals surface area (Å²) in [6, 6.07) is 0. The van der Waals surface area contributed by atoms with Crippen LogP contribution in [0.15, 0.2) is 24.3 Å². The van der Waals surface area contributed by atoms with E-state index in [1.165, 1.54) is 24.3 Å². The fourth-order valence-corrected chi connectivity index (χ4v) is 0.712. The van der Waals surface area contributed by atoms with Crippen LogP contribution in [0.25, 0.3) is 0 Å². The number of imide groups is 2. The maximum Gasteiger partial charge on any atom is 0.250 e. The molecule has 98 valence electrons. The summed E-state index contributed by atoms with van der Waals surface area (Å²) >= 11 is 0. The van der Waals surface area contributed by atoms with Crippen molar-refractivity contribution in [3.8, 4) is 0 Å². The number of amides is 4. The molecule has 0 spiro atoms. The molecule has 0 bridgehead atoms. The van der Waals surface area contributed by atoms with Crippen LogP contribution in [0.1, 0.15) is 0 Å². The molecule has 2 aliphatic heterocycles. The van der Waals surface area contributed by atoms with Crippen molar-refractivity contribution in [2.45, 2.75) is 0 Å². The second kappa shape index (κ2) is 8.79. The van der Waals surface area contributed by atoms with Crippen molar-refractivity contribution in [1.29, 1.82) is 0 Å². The van der Waals surface area contributed by atoms with Gasteiger partial charge in [-0.3, -0.25) is 29.8 Å². The van der Waals surface area contributed by atoms with Gasteiger partial charge in [0.2, 0.25) is 0 Å². The molecule has 2 aliphatic rings. The van der Waals surface area contributed by atoms with Gasteiger partial charge in [0.25, 0.3) is 23.6 Å². The predicted molar refractivity (Wildman–Crippen MR) is 58.8 cm³/mol. The molecule has 8 heteroatoms. The van der Waals surface area contributed by atoms with E-state index >= 15 is 0 Å². The van der Waals surface area contributed by atoms with Gasteiger partial charge in [-0.05, 0) is 0 Å². The van der Waals surface area contributed by atoms with Gasteiger partial charge in [0.05, 0.1) is 13.2 Å². The molecule has 0 radical (unpaired) electrons. The zero-order chi connectivity index (χ0) is 14.0. The van der Waals surface area contributed by atoms with E-state index in [4.69, 9.17) is 10.2 Å². The van der Waals surface area contributed by atoms with E-state index in [-0.39, 0.29) is 36.8 Å². The van der Waals surface area contributed by atoms with Crippen molar-refractivity contribution in [3.05, 3.63) is 24.3 Å². The Kier molecular flexibility index (Phi) is 7.66. The molecule has 0 saturated heterocycles. The molecule has 2 heterocycles. The zero-order valence-corrected chi connectivity index (χ0v) is 9.25. The number of carbonyl (C=O) groups is 4. The van der Waals surface area contributed by atoms with Crippen LogP contribution in [0.2, 0.25) is 0 Å². The van der Waals surface area contributed by atoms with E-state index in [1.807, 2.05) is 10.6 Å². The molecule has 0 atom stereocenters. The number of aliphatic hydroxyl groups is 2. The molecule has 4 amide bonds. The minimum absolute atomic E-state index is 0.125. The van der Waals surface area contributed by atoms with E-state index < -0.39 is 0 Å². The predicted octanol–water partition coefficient (Wildman–Crippen LogP) is -2.63. The lowest BCUT2D eigenvalue weighted by Crippen LogP contribution is -2.19. The molecular weight excluding hydrogens is 244 g/mol. The third kappa shape index (κ3) is 7.91. The highest BCUT2D eigenvalue weighted by Crippen LogP contribution is 1.83. The number of carbonyl (C=O) groups excluding carboxylic acids is 4. The van der Waals surface area contributed by atoms with E-state index in [2.05, 4.69) is 0 Å². The minimum Gasteiger partial charge on any atom is -0.394 e. The fraction of sp³-hybridized carbons (Fsp3) is 0.200. The van der Waals surface area contributed by atoms with Crippen LogP contribution in [-0.2, 0) is 19.2 Å². The Hall–Kier alpha value is -2.32. The third-order valence-corrected chi connectivity index (χ3v) is 1.36. The first-order valence-corrected chi connectivity index (χ1v) is 4.77. The van der Waals surface area contributed by atoms with Gasteiger partial charge in [0.15, 0.2) is 0 Å². The first kappa shape index (κ1) is 15.7. The molecule has 4 N–H and O–H groups in total. The van der Waals surface area contributed by atoms with Gasteiger partial charge in [0, 0.05) is 24.3 Å². The lowest BCUT2D eigenvalue weighted by Gasteiger charge is -1.80. The second-order valence-corrected chi connectivity index (χ2v) is 2.82. The van der Waals surface area contributed by atoms with E-state index in [0.717, 1.165) is 0 Å². The molecule has 2 rings (SSSR count). The summed E-state index contributed by atoms with van der Waals surface area (Å²) < 4.78 is 0. The Morgan fingerprint density at radius 2 is 0.889 bits per heavy atom. The number of nitrogens with one attached hydrogen (secondary N) is 2. The van der Waals surface area contributed by atoms with Gasteiger partial charge in [-0.15, -0.1) is 0 Å². The summed E-state index contributed by atoms with van der Waals surface area (Å²) in [6.45, 7) is -0.250. The molecule has 18 heavy (non-hydrogen) atoms. The minimum atomic E-state index is -0.329. The van der Waals surface area contributed by atoms with E-state index in [1.54, 1.807) is 0 Å². The van der Waals surface area contributed by atoms with Crippen molar-refractivity contribution in [1.82, 2.24) is 10.6 Å². The van der Waals surface area contributed by atoms with Crippen LogP contribution in [0.3, 0.4) is 0 Å². The van der Waals surface area contributed by atoms with Gasteiger partial charge in [-0.2, -0.15) is 0 Å². The summed E-state index contributed by atoms with van der Waals surface area (Å²) in [6.07, 6.45) is 4.79. The third-order valence-electron chi connectivity index (χ3n) is 1.36. The first-order chi connectivity index (χ1) is 8.49. The maximum atomic E-state index is 10.0. The highest BCUT2D eigenvalue weighted by atomic mass is 16.3. The average Bonchev–Trinajstić information content (AvgIpc) is 2.88. The smallest absolute Gasteiger partial charge is 0.250 e. The molecule has 0 aromatic carbocycles.